The predicted molar refractivity (Wildman–Crippen MR) is 98.9 cm³/mol. The van der Waals surface area contributed by atoms with Gasteiger partial charge >= 0.3 is 5.97 Å². The first-order valence-corrected chi connectivity index (χ1v) is 8.48. The van der Waals surface area contributed by atoms with E-state index in [1.807, 2.05) is 32.0 Å². The topological polar surface area (TPSA) is 67.9 Å². The highest BCUT2D eigenvalue weighted by molar-refractivity contribution is 6.32. The number of carbonyl (C=O) groups is 1. The van der Waals surface area contributed by atoms with Gasteiger partial charge in [-0.1, -0.05) is 29.8 Å². The van der Waals surface area contributed by atoms with Gasteiger partial charge < -0.3 is 0 Å². The fourth-order valence-corrected chi connectivity index (χ4v) is 3.27. The number of benzene rings is 2. The van der Waals surface area contributed by atoms with Crippen molar-refractivity contribution >= 4 is 17.6 Å². The highest BCUT2D eigenvalue weighted by atomic mass is 35.5. The van der Waals surface area contributed by atoms with Crippen LogP contribution in [0.1, 0.15) is 32.9 Å². The molecule has 0 atom stereocenters. The first-order chi connectivity index (χ1) is 12.9. The highest BCUT2D eigenvalue weighted by Gasteiger charge is 2.16. The number of hydrogen-bond acceptors (Lipinski definition) is 4. The van der Waals surface area contributed by atoms with Gasteiger partial charge in [0.1, 0.15) is 6.07 Å². The van der Waals surface area contributed by atoms with E-state index >= 15 is 0 Å². The molecule has 0 N–H and O–H groups in total. The zero-order valence-corrected chi connectivity index (χ0v) is 15.4. The van der Waals surface area contributed by atoms with Crippen molar-refractivity contribution in [2.45, 2.75) is 20.4 Å². The van der Waals surface area contributed by atoms with E-state index in [1.165, 1.54) is 6.07 Å². The van der Waals surface area contributed by atoms with Crippen LogP contribution < -0.4 is 0 Å². The molecule has 0 bridgehead atoms. The lowest BCUT2D eigenvalue weighted by Gasteiger charge is -2.08. The average molecular weight is 384 g/mol. The summed E-state index contributed by atoms with van der Waals surface area (Å²) in [7, 11) is 0. The fraction of sp³-hybridized carbons (Fsp3) is 0.150. The van der Waals surface area contributed by atoms with Crippen LogP contribution in [0.2, 0.25) is 5.02 Å². The molecule has 7 heteroatoms. The van der Waals surface area contributed by atoms with E-state index < -0.39 is 5.97 Å². The van der Waals surface area contributed by atoms with Gasteiger partial charge in [-0.2, -0.15) is 10.4 Å². The van der Waals surface area contributed by atoms with Crippen LogP contribution in [0.15, 0.2) is 42.5 Å². The second kappa shape index (κ2) is 7.60. The smallest absolute Gasteiger partial charge is 0.265 e. The Labute approximate surface area is 160 Å². The molecule has 3 aromatic rings. The van der Waals surface area contributed by atoms with Gasteiger partial charge in [0, 0.05) is 15.8 Å². The Morgan fingerprint density at radius 1 is 1.30 bits per heavy atom. The van der Waals surface area contributed by atoms with Gasteiger partial charge in [0.05, 0.1) is 28.4 Å². The predicted octanol–water partition coefficient (Wildman–Crippen LogP) is 4.78. The van der Waals surface area contributed by atoms with Gasteiger partial charge in [-0.25, -0.2) is 9.74 Å². The Hall–Kier alpha value is -3.17. The summed E-state index contributed by atoms with van der Waals surface area (Å²) >= 11 is 6.16. The van der Waals surface area contributed by atoms with Crippen LogP contribution in [-0.4, -0.2) is 15.7 Å². The molecule has 1 heterocycles. The van der Waals surface area contributed by atoms with E-state index in [0.29, 0.717) is 17.1 Å². The summed E-state index contributed by atoms with van der Waals surface area (Å²) in [6.07, 6.45) is 0. The molecule has 136 valence electrons. The SMILES string of the molecule is Cc1nn(Cc2cccc(C(=O)OF)c2)c(C)c1-c1ccc(C#N)c(Cl)c1. The molecule has 0 radical (unpaired) electrons. The Kier molecular flexibility index (Phi) is 5.24. The molecule has 2 aromatic carbocycles. The number of nitrogens with zero attached hydrogens (tertiary/aromatic N) is 3. The molecule has 27 heavy (non-hydrogen) atoms. The molecule has 0 unspecified atom stereocenters. The first kappa shape index (κ1) is 18.6. The van der Waals surface area contributed by atoms with Crippen molar-refractivity contribution in [2.24, 2.45) is 0 Å². The summed E-state index contributed by atoms with van der Waals surface area (Å²) in [6, 6.07) is 13.8. The maximum Gasteiger partial charge on any atom is 0.379 e. The number of carbonyl (C=O) groups excluding carboxylic acids is 1. The second-order valence-corrected chi connectivity index (χ2v) is 6.48. The number of nitriles is 1. The fourth-order valence-electron chi connectivity index (χ4n) is 3.04. The standard InChI is InChI=1S/C20H15ClFN3O2/c1-12-19(15-6-7-17(10-23)18(21)9-15)13(2)25(24-12)11-14-4-3-5-16(8-14)20(26)27-22/h3-9H,11H2,1-2H3. The highest BCUT2D eigenvalue weighted by Crippen LogP contribution is 2.30. The van der Waals surface area contributed by atoms with E-state index in [-0.39, 0.29) is 5.56 Å². The van der Waals surface area contributed by atoms with E-state index in [9.17, 15) is 9.32 Å². The van der Waals surface area contributed by atoms with E-state index in [4.69, 9.17) is 16.9 Å². The number of hydrogen-bond donors (Lipinski definition) is 0. The molecule has 3 rings (SSSR count). The number of rotatable bonds is 4. The van der Waals surface area contributed by atoms with Gasteiger partial charge in [0.25, 0.3) is 0 Å². The summed E-state index contributed by atoms with van der Waals surface area (Å²) < 4.78 is 13.9. The molecule has 0 spiro atoms. The third kappa shape index (κ3) is 3.69. The van der Waals surface area contributed by atoms with Gasteiger partial charge in [-0.3, -0.25) is 4.68 Å². The third-order valence-corrected chi connectivity index (χ3v) is 4.64. The molecule has 1 aromatic heterocycles. The van der Waals surface area contributed by atoms with E-state index in [0.717, 1.165) is 28.1 Å². The lowest BCUT2D eigenvalue weighted by atomic mass is 10.0. The van der Waals surface area contributed by atoms with Crippen molar-refractivity contribution in [3.05, 3.63) is 75.6 Å². The minimum Gasteiger partial charge on any atom is -0.265 e. The lowest BCUT2D eigenvalue weighted by molar-refractivity contribution is -0.0788. The Bertz CT molecular complexity index is 1070. The van der Waals surface area contributed by atoms with Crippen molar-refractivity contribution in [3.8, 4) is 17.2 Å². The van der Waals surface area contributed by atoms with Crippen LogP contribution in [0.3, 0.4) is 0 Å². The van der Waals surface area contributed by atoms with Crippen LogP contribution in [0, 0.1) is 25.2 Å². The molecular weight excluding hydrogens is 369 g/mol. The number of aryl methyl sites for hydroxylation is 1. The van der Waals surface area contributed by atoms with Gasteiger partial charge in [0.2, 0.25) is 0 Å². The maximum atomic E-state index is 12.1. The molecule has 0 aliphatic carbocycles. The largest absolute Gasteiger partial charge is 0.379 e. The summed E-state index contributed by atoms with van der Waals surface area (Å²) in [5.41, 5.74) is 4.86. The Morgan fingerprint density at radius 2 is 2.07 bits per heavy atom. The van der Waals surface area contributed by atoms with Gasteiger partial charge in [0.15, 0.2) is 0 Å². The van der Waals surface area contributed by atoms with Gasteiger partial charge in [-0.15, -0.1) is 0 Å². The summed E-state index contributed by atoms with van der Waals surface area (Å²) in [4.78, 5) is 14.6. The van der Waals surface area contributed by atoms with Crippen LogP contribution in [0.25, 0.3) is 11.1 Å². The normalized spacial score (nSPS) is 10.5. The first-order valence-electron chi connectivity index (χ1n) is 8.10. The molecule has 0 amide bonds. The summed E-state index contributed by atoms with van der Waals surface area (Å²) in [5.74, 6) is -1.03. The third-order valence-electron chi connectivity index (χ3n) is 4.32. The quantitative estimate of drug-likeness (QED) is 0.650. The van der Waals surface area contributed by atoms with Crippen molar-refractivity contribution < 1.29 is 14.3 Å². The van der Waals surface area contributed by atoms with E-state index in [1.54, 1.807) is 28.9 Å². The number of aromatic nitrogens is 2. The van der Waals surface area contributed by atoms with Crippen molar-refractivity contribution in [3.63, 3.8) is 0 Å². The molecule has 0 aliphatic heterocycles. The molecular formula is C20H15ClFN3O2. The monoisotopic (exact) mass is 383 g/mol. The minimum absolute atomic E-state index is 0.135. The van der Waals surface area contributed by atoms with Crippen LogP contribution in [0.4, 0.5) is 4.53 Å². The molecule has 0 aliphatic rings. The van der Waals surface area contributed by atoms with Crippen LogP contribution >= 0.6 is 11.6 Å². The average Bonchev–Trinajstić information content (AvgIpc) is 2.94. The number of halogens is 2. The molecule has 0 fully saturated rings. The minimum atomic E-state index is -1.03. The molecule has 5 nitrogen and oxygen atoms in total. The second-order valence-electron chi connectivity index (χ2n) is 6.07. The lowest BCUT2D eigenvalue weighted by Crippen LogP contribution is -2.06. The van der Waals surface area contributed by atoms with E-state index in [2.05, 4.69) is 10.0 Å². The zero-order valence-electron chi connectivity index (χ0n) is 14.7. The molecule has 0 saturated carbocycles. The molecule has 0 saturated heterocycles. The zero-order chi connectivity index (χ0) is 19.6. The van der Waals surface area contributed by atoms with Crippen molar-refractivity contribution in [2.75, 3.05) is 0 Å². The summed E-state index contributed by atoms with van der Waals surface area (Å²) in [5, 5.41) is 14.0. The van der Waals surface area contributed by atoms with Crippen molar-refractivity contribution in [1.82, 2.24) is 9.78 Å². The van der Waals surface area contributed by atoms with Crippen LogP contribution in [-0.2, 0) is 11.5 Å². The Balaban J connectivity index is 1.96. The Morgan fingerprint density at radius 3 is 2.74 bits per heavy atom. The maximum absolute atomic E-state index is 12.1. The summed E-state index contributed by atoms with van der Waals surface area (Å²) in [6.45, 7) is 4.23. The van der Waals surface area contributed by atoms with Crippen molar-refractivity contribution in [1.29, 1.82) is 5.26 Å². The van der Waals surface area contributed by atoms with Crippen LogP contribution in [0.5, 0.6) is 0 Å². The van der Waals surface area contributed by atoms with Gasteiger partial charge in [-0.05, 0) is 49.2 Å².